The Hall–Kier alpha value is -0.300. The van der Waals surface area contributed by atoms with E-state index in [0.29, 0.717) is 18.5 Å². The number of carbonyl (C=O) groups excluding carboxylic acids is 1. The van der Waals surface area contributed by atoms with Crippen LogP contribution in [0, 0.1) is 0 Å². The van der Waals surface area contributed by atoms with E-state index in [1.54, 1.807) is 0 Å². The van der Waals surface area contributed by atoms with Gasteiger partial charge in [-0.05, 0) is 14.0 Å². The zero-order chi connectivity index (χ0) is 14.4. The molecule has 2 fully saturated rings. The minimum Gasteiger partial charge on any atom is -0.354 e. The number of rotatable bonds is 5. The highest BCUT2D eigenvalue weighted by Gasteiger charge is 2.20. The lowest BCUT2D eigenvalue weighted by Crippen LogP contribution is -2.51. The second-order valence-electron chi connectivity index (χ2n) is 5.92. The Balaban J connectivity index is 1.62. The number of hydrogen-bond acceptors (Lipinski definition) is 5. The summed E-state index contributed by atoms with van der Waals surface area (Å²) in [6.07, 6.45) is 0.614. The van der Waals surface area contributed by atoms with Gasteiger partial charge in [0.1, 0.15) is 0 Å². The van der Waals surface area contributed by atoms with Crippen molar-refractivity contribution in [1.82, 2.24) is 20.4 Å². The van der Waals surface area contributed by atoms with Crippen LogP contribution in [0.25, 0.3) is 0 Å². The zero-order valence-corrected chi connectivity index (χ0v) is 13.5. The fraction of sp³-hybridized carbons (Fsp3) is 0.929. The molecule has 2 N–H and O–H groups in total. The van der Waals surface area contributed by atoms with Gasteiger partial charge in [-0.15, -0.1) is 0 Å². The van der Waals surface area contributed by atoms with Gasteiger partial charge in [0.15, 0.2) is 0 Å². The van der Waals surface area contributed by atoms with E-state index >= 15 is 0 Å². The summed E-state index contributed by atoms with van der Waals surface area (Å²) in [5, 5.41) is 6.50. The zero-order valence-electron chi connectivity index (χ0n) is 12.7. The molecule has 116 valence electrons. The second-order valence-corrected chi connectivity index (χ2v) is 7.07. The molecule has 2 atom stereocenters. The molecule has 2 aliphatic rings. The summed E-state index contributed by atoms with van der Waals surface area (Å²) in [5.41, 5.74) is 0. The minimum atomic E-state index is 0.186. The van der Waals surface area contributed by atoms with Crippen molar-refractivity contribution in [3.05, 3.63) is 0 Å². The fourth-order valence-corrected chi connectivity index (χ4v) is 3.65. The van der Waals surface area contributed by atoms with Crippen LogP contribution in [-0.4, -0.2) is 85.6 Å². The molecular weight excluding hydrogens is 272 g/mol. The van der Waals surface area contributed by atoms with Crippen molar-refractivity contribution >= 4 is 17.7 Å². The van der Waals surface area contributed by atoms with Gasteiger partial charge in [-0.3, -0.25) is 9.69 Å². The first-order valence-corrected chi connectivity index (χ1v) is 8.81. The third-order valence-corrected chi connectivity index (χ3v) is 5.32. The van der Waals surface area contributed by atoms with Crippen LogP contribution in [-0.2, 0) is 4.79 Å². The van der Waals surface area contributed by atoms with Crippen molar-refractivity contribution < 1.29 is 4.79 Å². The molecule has 0 aromatic rings. The molecule has 2 heterocycles. The van der Waals surface area contributed by atoms with E-state index < -0.39 is 0 Å². The van der Waals surface area contributed by atoms with E-state index in [9.17, 15) is 4.79 Å². The quantitative estimate of drug-likeness (QED) is 0.738. The van der Waals surface area contributed by atoms with Crippen molar-refractivity contribution in [3.8, 4) is 0 Å². The lowest BCUT2D eigenvalue weighted by atomic mass is 10.2. The van der Waals surface area contributed by atoms with Crippen molar-refractivity contribution in [2.24, 2.45) is 0 Å². The highest BCUT2D eigenvalue weighted by atomic mass is 32.2. The monoisotopic (exact) mass is 300 g/mol. The molecule has 20 heavy (non-hydrogen) atoms. The number of amides is 1. The Kier molecular flexibility index (Phi) is 6.61. The average Bonchev–Trinajstić information content (AvgIpc) is 2.46. The molecule has 0 aromatic heterocycles. The summed E-state index contributed by atoms with van der Waals surface area (Å²) in [7, 11) is 2.17. The SMILES string of the molecule is CC(CNC(=O)CC1CSCCN1)N1CCN(C)CC1. The lowest BCUT2D eigenvalue weighted by Gasteiger charge is -2.36. The van der Waals surface area contributed by atoms with E-state index in [1.165, 1.54) is 5.75 Å². The second kappa shape index (κ2) is 8.22. The number of nitrogens with one attached hydrogen (secondary N) is 2. The summed E-state index contributed by atoms with van der Waals surface area (Å²) < 4.78 is 0. The van der Waals surface area contributed by atoms with Gasteiger partial charge in [0.25, 0.3) is 0 Å². The van der Waals surface area contributed by atoms with Crippen molar-refractivity contribution in [3.63, 3.8) is 0 Å². The highest BCUT2D eigenvalue weighted by Crippen LogP contribution is 2.10. The number of carbonyl (C=O) groups is 1. The van der Waals surface area contributed by atoms with Gasteiger partial charge in [0.05, 0.1) is 0 Å². The Labute approximate surface area is 126 Å². The molecule has 5 nitrogen and oxygen atoms in total. The van der Waals surface area contributed by atoms with Crippen LogP contribution < -0.4 is 10.6 Å². The molecule has 1 amide bonds. The maximum Gasteiger partial charge on any atom is 0.221 e. The number of hydrogen-bond donors (Lipinski definition) is 2. The van der Waals surface area contributed by atoms with Crippen molar-refractivity contribution in [2.45, 2.75) is 25.4 Å². The number of likely N-dealkylation sites (N-methyl/N-ethyl adjacent to an activating group) is 1. The topological polar surface area (TPSA) is 47.6 Å². The van der Waals surface area contributed by atoms with Gasteiger partial charge in [-0.25, -0.2) is 0 Å². The molecule has 0 radical (unpaired) electrons. The van der Waals surface area contributed by atoms with Crippen LogP contribution in [0.2, 0.25) is 0 Å². The summed E-state index contributed by atoms with van der Waals surface area (Å²) in [5.74, 6) is 2.41. The van der Waals surface area contributed by atoms with Crippen LogP contribution in [0.4, 0.5) is 0 Å². The Bertz CT molecular complexity index is 302. The molecule has 2 saturated heterocycles. The van der Waals surface area contributed by atoms with Crippen molar-refractivity contribution in [1.29, 1.82) is 0 Å². The Morgan fingerprint density at radius 3 is 2.80 bits per heavy atom. The van der Waals surface area contributed by atoms with Crippen LogP contribution in [0.5, 0.6) is 0 Å². The largest absolute Gasteiger partial charge is 0.354 e. The molecule has 0 saturated carbocycles. The molecule has 0 aromatic carbocycles. The standard InChI is InChI=1S/C14H28N4OS/c1-12(18-6-4-17(2)5-7-18)10-16-14(19)9-13-11-20-8-3-15-13/h12-13,15H,3-11H2,1-2H3,(H,16,19). The molecule has 6 heteroatoms. The number of piperazine rings is 1. The van der Waals surface area contributed by atoms with Gasteiger partial charge in [0, 0.05) is 69.3 Å². The molecule has 2 rings (SSSR count). The molecular formula is C14H28N4OS. The summed E-state index contributed by atoms with van der Waals surface area (Å²) >= 11 is 1.94. The number of thioether (sulfide) groups is 1. The summed E-state index contributed by atoms with van der Waals surface area (Å²) in [6, 6.07) is 0.786. The first-order valence-electron chi connectivity index (χ1n) is 7.65. The lowest BCUT2D eigenvalue weighted by molar-refractivity contribution is -0.121. The van der Waals surface area contributed by atoms with E-state index in [-0.39, 0.29) is 5.91 Å². The summed E-state index contributed by atoms with van der Waals surface area (Å²) in [6.45, 7) is 8.47. The van der Waals surface area contributed by atoms with Gasteiger partial charge in [0.2, 0.25) is 5.91 Å². The Morgan fingerprint density at radius 2 is 2.15 bits per heavy atom. The maximum absolute atomic E-state index is 12.0. The summed E-state index contributed by atoms with van der Waals surface area (Å²) in [4.78, 5) is 16.8. The number of nitrogens with zero attached hydrogens (tertiary/aromatic N) is 2. The van der Waals surface area contributed by atoms with Crippen LogP contribution in [0.15, 0.2) is 0 Å². The van der Waals surface area contributed by atoms with E-state index in [0.717, 1.165) is 45.0 Å². The highest BCUT2D eigenvalue weighted by molar-refractivity contribution is 7.99. The van der Waals surface area contributed by atoms with Crippen LogP contribution in [0.3, 0.4) is 0 Å². The molecule has 0 spiro atoms. The predicted molar refractivity (Wildman–Crippen MR) is 85.3 cm³/mol. The van der Waals surface area contributed by atoms with Crippen molar-refractivity contribution in [2.75, 3.05) is 57.8 Å². The first-order chi connectivity index (χ1) is 9.65. The normalized spacial score (nSPS) is 27.2. The average molecular weight is 300 g/mol. The minimum absolute atomic E-state index is 0.186. The van der Waals surface area contributed by atoms with E-state index in [1.807, 2.05) is 11.8 Å². The third kappa shape index (κ3) is 5.24. The van der Waals surface area contributed by atoms with Crippen LogP contribution in [0.1, 0.15) is 13.3 Å². The van der Waals surface area contributed by atoms with Crippen LogP contribution >= 0.6 is 11.8 Å². The van der Waals surface area contributed by atoms with E-state index in [2.05, 4.69) is 34.4 Å². The molecule has 0 aliphatic carbocycles. The van der Waals surface area contributed by atoms with E-state index in [4.69, 9.17) is 0 Å². The third-order valence-electron chi connectivity index (χ3n) is 4.19. The fourth-order valence-electron chi connectivity index (χ4n) is 2.70. The Morgan fingerprint density at radius 1 is 1.40 bits per heavy atom. The molecule has 2 aliphatic heterocycles. The first kappa shape index (κ1) is 16.1. The van der Waals surface area contributed by atoms with Gasteiger partial charge in [-0.2, -0.15) is 11.8 Å². The molecule has 2 unspecified atom stereocenters. The smallest absolute Gasteiger partial charge is 0.221 e. The van der Waals surface area contributed by atoms with Gasteiger partial charge in [-0.1, -0.05) is 0 Å². The maximum atomic E-state index is 12.0. The predicted octanol–water partition coefficient (Wildman–Crippen LogP) is -0.166. The van der Waals surface area contributed by atoms with Gasteiger partial charge >= 0.3 is 0 Å². The molecule has 0 bridgehead atoms. The van der Waals surface area contributed by atoms with Gasteiger partial charge < -0.3 is 15.5 Å².